The highest BCUT2D eigenvalue weighted by molar-refractivity contribution is 6.32. The van der Waals surface area contributed by atoms with Crippen molar-refractivity contribution >= 4 is 28.5 Å². The van der Waals surface area contributed by atoms with Crippen LogP contribution in [-0.4, -0.2) is 33.4 Å². The minimum Gasteiger partial charge on any atom is -0.489 e. The first-order chi connectivity index (χ1) is 16.7. The largest absolute Gasteiger partial charge is 0.489 e. The van der Waals surface area contributed by atoms with Gasteiger partial charge in [0.25, 0.3) is 5.89 Å². The third-order valence-electron chi connectivity index (χ3n) is 5.47. The van der Waals surface area contributed by atoms with E-state index in [0.717, 1.165) is 22.0 Å². The van der Waals surface area contributed by atoms with Gasteiger partial charge in [0.15, 0.2) is 0 Å². The summed E-state index contributed by atoms with van der Waals surface area (Å²) in [6.45, 7) is 8.38. The van der Waals surface area contributed by atoms with Crippen LogP contribution >= 0.6 is 11.6 Å². The fourth-order valence-corrected chi connectivity index (χ4v) is 4.16. The monoisotopic (exact) mass is 495 g/mol. The molecule has 0 unspecified atom stereocenters. The molecule has 0 atom stereocenters. The molecule has 0 N–H and O–H groups in total. The van der Waals surface area contributed by atoms with E-state index in [4.69, 9.17) is 25.6 Å². The smallest absolute Gasteiger partial charge is 0.306 e. The third-order valence-corrected chi connectivity index (χ3v) is 5.76. The molecule has 4 rings (SSSR count). The van der Waals surface area contributed by atoms with Gasteiger partial charge in [-0.3, -0.25) is 4.79 Å². The zero-order chi connectivity index (χ0) is 25.1. The second-order valence-electron chi connectivity index (χ2n) is 9.28. The highest BCUT2D eigenvalue weighted by Gasteiger charge is 2.18. The van der Waals surface area contributed by atoms with Gasteiger partial charge >= 0.3 is 5.97 Å². The fraction of sp³-hybridized carbons (Fsp3) is 0.370. The molecule has 2 aromatic carbocycles. The number of aromatic nitrogens is 3. The number of nitrogens with zero attached hydrogens (tertiary/aromatic N) is 3. The quantitative estimate of drug-likeness (QED) is 0.248. The Morgan fingerprint density at radius 3 is 2.69 bits per heavy atom. The van der Waals surface area contributed by atoms with E-state index in [0.29, 0.717) is 53.4 Å². The van der Waals surface area contributed by atoms with Crippen LogP contribution in [0.1, 0.15) is 39.7 Å². The van der Waals surface area contributed by atoms with Gasteiger partial charge in [0, 0.05) is 36.2 Å². The highest BCUT2D eigenvalue weighted by Crippen LogP contribution is 2.34. The van der Waals surface area contributed by atoms with Crippen LogP contribution in [0.2, 0.25) is 5.02 Å². The molecular weight excluding hydrogens is 466 g/mol. The molecule has 0 radical (unpaired) electrons. The van der Waals surface area contributed by atoms with Gasteiger partial charge in [-0.1, -0.05) is 42.7 Å². The Morgan fingerprint density at radius 2 is 1.97 bits per heavy atom. The summed E-state index contributed by atoms with van der Waals surface area (Å²) in [7, 11) is 1.97. The van der Waals surface area contributed by atoms with Gasteiger partial charge in [-0.05, 0) is 56.0 Å². The molecule has 0 aliphatic rings. The zero-order valence-electron chi connectivity index (χ0n) is 20.7. The number of hydrogen-bond donors (Lipinski definition) is 0. The van der Waals surface area contributed by atoms with Crippen LogP contribution in [0.4, 0.5) is 0 Å². The number of halogens is 1. The predicted octanol–water partition coefficient (Wildman–Crippen LogP) is 6.47. The van der Waals surface area contributed by atoms with Crippen LogP contribution in [0, 0.1) is 5.92 Å². The lowest BCUT2D eigenvalue weighted by Crippen LogP contribution is -2.10. The summed E-state index contributed by atoms with van der Waals surface area (Å²) >= 11 is 6.38. The third kappa shape index (κ3) is 5.68. The van der Waals surface area contributed by atoms with E-state index in [9.17, 15) is 4.79 Å². The van der Waals surface area contributed by atoms with E-state index < -0.39 is 0 Å². The summed E-state index contributed by atoms with van der Waals surface area (Å²) < 4.78 is 18.6. The Morgan fingerprint density at radius 1 is 1.17 bits per heavy atom. The fourth-order valence-electron chi connectivity index (χ4n) is 3.93. The maximum absolute atomic E-state index is 12.1. The molecule has 0 amide bonds. The van der Waals surface area contributed by atoms with Crippen molar-refractivity contribution < 1.29 is 18.8 Å². The molecule has 0 spiro atoms. The van der Waals surface area contributed by atoms with E-state index in [1.54, 1.807) is 12.1 Å². The highest BCUT2D eigenvalue weighted by atomic mass is 35.5. The molecule has 0 bridgehead atoms. The van der Waals surface area contributed by atoms with Gasteiger partial charge in [0.2, 0.25) is 5.82 Å². The zero-order valence-corrected chi connectivity index (χ0v) is 21.4. The van der Waals surface area contributed by atoms with Crippen molar-refractivity contribution in [2.45, 2.75) is 46.6 Å². The molecule has 4 aromatic rings. The Balaban J connectivity index is 1.59. The van der Waals surface area contributed by atoms with Crippen LogP contribution in [-0.2, 0) is 23.0 Å². The molecular formula is C27H30ClN3O4. The lowest BCUT2D eigenvalue weighted by Gasteiger charge is -2.11. The number of fused-ring (bicyclic) bond motifs is 1. The molecule has 7 nitrogen and oxygen atoms in total. The van der Waals surface area contributed by atoms with E-state index in [2.05, 4.69) is 10.1 Å². The minimum absolute atomic E-state index is 0.0229. The summed E-state index contributed by atoms with van der Waals surface area (Å²) in [5.74, 6) is 1.60. The average Bonchev–Trinajstić information content (AvgIpc) is 3.42. The number of ether oxygens (including phenoxy) is 2. The Hall–Kier alpha value is -3.32. The second kappa shape index (κ2) is 10.5. The summed E-state index contributed by atoms with van der Waals surface area (Å²) in [5, 5.41) is 5.76. The van der Waals surface area contributed by atoms with Gasteiger partial charge in [0.1, 0.15) is 5.75 Å². The topological polar surface area (TPSA) is 79.4 Å². The number of hydrogen-bond acceptors (Lipinski definition) is 6. The maximum atomic E-state index is 12.1. The summed E-state index contributed by atoms with van der Waals surface area (Å²) in [6, 6.07) is 11.4. The van der Waals surface area contributed by atoms with Gasteiger partial charge < -0.3 is 18.6 Å². The van der Waals surface area contributed by atoms with Crippen molar-refractivity contribution in [3.63, 3.8) is 0 Å². The minimum atomic E-state index is -0.182. The van der Waals surface area contributed by atoms with Crippen molar-refractivity contribution in [1.82, 2.24) is 14.7 Å². The van der Waals surface area contributed by atoms with Crippen LogP contribution in [0.3, 0.4) is 0 Å². The molecule has 0 saturated heterocycles. The maximum Gasteiger partial charge on any atom is 0.306 e. The van der Waals surface area contributed by atoms with Crippen molar-refractivity contribution in [2.75, 3.05) is 6.61 Å². The molecule has 0 fully saturated rings. The number of benzene rings is 2. The van der Waals surface area contributed by atoms with Gasteiger partial charge in [0.05, 0.1) is 23.3 Å². The predicted molar refractivity (Wildman–Crippen MR) is 137 cm³/mol. The molecule has 8 heteroatoms. The molecule has 0 aliphatic heterocycles. The average molecular weight is 496 g/mol. The van der Waals surface area contributed by atoms with Gasteiger partial charge in [-0.25, -0.2) is 0 Å². The second-order valence-corrected chi connectivity index (χ2v) is 9.69. The lowest BCUT2D eigenvalue weighted by atomic mass is 10.1. The molecule has 184 valence electrons. The first kappa shape index (κ1) is 24.8. The summed E-state index contributed by atoms with van der Waals surface area (Å²) in [4.78, 5) is 16.7. The number of esters is 1. The number of carbonyl (C=O) groups excluding carboxylic acids is 1. The Bertz CT molecular complexity index is 1340. The van der Waals surface area contributed by atoms with Crippen molar-refractivity contribution in [1.29, 1.82) is 0 Å². The first-order valence-corrected chi connectivity index (χ1v) is 12.1. The van der Waals surface area contributed by atoms with Crippen LogP contribution in [0.5, 0.6) is 5.75 Å². The number of rotatable bonds is 9. The van der Waals surface area contributed by atoms with Crippen molar-refractivity contribution in [2.24, 2.45) is 13.0 Å². The first-order valence-electron chi connectivity index (χ1n) is 11.8. The van der Waals surface area contributed by atoms with Gasteiger partial charge in [-0.15, -0.1) is 0 Å². The standard InChI is InChI=1S/C27H30ClN3O4/c1-16(2)15-33-24(32)12-10-19-14-31(5)25-20(19)7-6-8-21(25)26-29-27(35-30-26)18-9-11-23(22(28)13-18)34-17(3)4/h6-9,11,13-14,16-17H,10,12,15H2,1-5H3. The number of carbonyl (C=O) groups is 1. The summed E-state index contributed by atoms with van der Waals surface area (Å²) in [5.41, 5.74) is 3.61. The van der Waals surface area contributed by atoms with Gasteiger partial charge in [-0.2, -0.15) is 4.98 Å². The Labute approximate surface area is 210 Å². The number of para-hydroxylation sites is 1. The van der Waals surface area contributed by atoms with E-state index in [1.807, 2.05) is 69.8 Å². The Kier molecular flexibility index (Phi) is 7.45. The van der Waals surface area contributed by atoms with Crippen molar-refractivity contribution in [3.05, 3.63) is 53.2 Å². The SMILES string of the molecule is CC(C)COC(=O)CCc1cn(C)c2c(-c3noc(-c4ccc(OC(C)C)c(Cl)c4)n3)cccc12. The van der Waals surface area contributed by atoms with E-state index in [-0.39, 0.29) is 12.1 Å². The summed E-state index contributed by atoms with van der Waals surface area (Å²) in [6.07, 6.45) is 2.99. The van der Waals surface area contributed by atoms with Crippen molar-refractivity contribution in [3.8, 4) is 28.6 Å². The molecule has 0 aliphatic carbocycles. The van der Waals surface area contributed by atoms with Crippen LogP contribution < -0.4 is 4.74 Å². The number of aryl methyl sites for hydroxylation is 2. The lowest BCUT2D eigenvalue weighted by molar-refractivity contribution is -0.144. The van der Waals surface area contributed by atoms with E-state index >= 15 is 0 Å². The van der Waals surface area contributed by atoms with E-state index in [1.165, 1.54) is 0 Å². The molecule has 2 heterocycles. The normalized spacial score (nSPS) is 11.5. The molecule has 2 aromatic heterocycles. The molecule has 35 heavy (non-hydrogen) atoms. The van der Waals surface area contributed by atoms with Crippen LogP contribution in [0.15, 0.2) is 47.1 Å². The molecule has 0 saturated carbocycles. The van der Waals surface area contributed by atoms with Crippen LogP contribution in [0.25, 0.3) is 33.7 Å².